The number of nitrogens with one attached hydrogen (secondary N) is 1. The topological polar surface area (TPSA) is 55.0 Å². The summed E-state index contributed by atoms with van der Waals surface area (Å²) in [5.74, 6) is 0.458. The van der Waals surface area contributed by atoms with Crippen LogP contribution in [0.5, 0.6) is 0 Å². The van der Waals surface area contributed by atoms with E-state index < -0.39 is 0 Å². The van der Waals surface area contributed by atoms with Gasteiger partial charge >= 0.3 is 5.97 Å². The van der Waals surface area contributed by atoms with E-state index in [0.29, 0.717) is 26.7 Å². The molecule has 0 saturated heterocycles. The van der Waals surface area contributed by atoms with Crippen molar-refractivity contribution in [1.82, 2.24) is 9.97 Å². The second kappa shape index (κ2) is 10.7. The van der Waals surface area contributed by atoms with Crippen LogP contribution in [0.15, 0.2) is 29.4 Å². The molecule has 0 unspecified atom stereocenters. The molecular weight excluding hydrogens is 387 g/mol. The van der Waals surface area contributed by atoms with Crippen molar-refractivity contribution in [3.05, 3.63) is 50.5 Å². The van der Waals surface area contributed by atoms with Crippen LogP contribution in [0.1, 0.15) is 17.8 Å². The minimum absolute atomic E-state index is 0.204. The van der Waals surface area contributed by atoms with Crippen molar-refractivity contribution in [2.45, 2.75) is 25.2 Å². The first-order valence-electron chi connectivity index (χ1n) is 7.01. The number of ether oxygens (including phenoxy) is 1. The number of hydrogen-bond donors (Lipinski definition) is 1. The number of aryl methyl sites for hydroxylation is 2. The summed E-state index contributed by atoms with van der Waals surface area (Å²) >= 11 is 18.2. The van der Waals surface area contributed by atoms with Crippen molar-refractivity contribution in [3.63, 3.8) is 0 Å². The number of hydrogen-bond acceptors (Lipinski definition) is 5. The molecule has 0 atom stereocenters. The Balaban J connectivity index is 0.000000272. The van der Waals surface area contributed by atoms with E-state index in [2.05, 4.69) is 14.7 Å². The highest BCUT2D eigenvalue weighted by atomic mass is 35.5. The number of esters is 1. The maximum absolute atomic E-state index is 10.9. The third-order valence-electron chi connectivity index (χ3n) is 2.90. The summed E-state index contributed by atoms with van der Waals surface area (Å²) in [4.78, 5) is 18.8. The molecule has 0 radical (unpaired) electrons. The highest BCUT2D eigenvalue weighted by Gasteiger charge is 2.06. The molecule has 0 aliphatic rings. The van der Waals surface area contributed by atoms with E-state index in [1.54, 1.807) is 18.5 Å². The zero-order valence-corrected chi connectivity index (χ0v) is 16.7. The largest absolute Gasteiger partial charge is 0.469 e. The number of methoxy groups -OCH3 is 1. The number of aromatic nitrogens is 2. The van der Waals surface area contributed by atoms with Crippen molar-refractivity contribution >= 4 is 53.2 Å². The zero-order valence-electron chi connectivity index (χ0n) is 13.6. The quantitative estimate of drug-likeness (QED) is 0.419. The van der Waals surface area contributed by atoms with Crippen LogP contribution in [0, 0.1) is 18.4 Å². The van der Waals surface area contributed by atoms with Gasteiger partial charge in [0.1, 0.15) is 0 Å². The van der Waals surface area contributed by atoms with Crippen LogP contribution in [0.3, 0.4) is 0 Å². The number of nitrogens with zero attached hydrogens (tertiary/aromatic N) is 1. The Bertz CT molecular complexity index is 751. The molecule has 0 bridgehead atoms. The first-order valence-corrected chi connectivity index (χ1v) is 9.16. The van der Waals surface area contributed by atoms with Gasteiger partial charge in [-0.25, -0.2) is 0 Å². The molecule has 4 nitrogen and oxygen atoms in total. The molecule has 0 spiro atoms. The van der Waals surface area contributed by atoms with Crippen LogP contribution < -0.4 is 0 Å². The number of thioether (sulfide) groups is 1. The normalized spacial score (nSPS) is 9.88. The Morgan fingerprint density at radius 3 is 2.62 bits per heavy atom. The number of pyridine rings is 2. The van der Waals surface area contributed by atoms with Gasteiger partial charge in [-0.05, 0) is 26.0 Å². The first kappa shape index (κ1) is 21.0. The molecule has 0 fully saturated rings. The maximum Gasteiger partial charge on any atom is 0.306 e. The fourth-order valence-electron chi connectivity index (χ4n) is 1.55. The lowest BCUT2D eigenvalue weighted by Crippen LogP contribution is -2.01. The van der Waals surface area contributed by atoms with Gasteiger partial charge in [0.25, 0.3) is 0 Å². The Hall–Kier alpha value is -1.08. The van der Waals surface area contributed by atoms with Gasteiger partial charge in [0, 0.05) is 28.7 Å². The van der Waals surface area contributed by atoms with Crippen molar-refractivity contribution in [2.24, 2.45) is 0 Å². The standard InChI is InChI=1S/C10H12ClNO2S.C6H6ClNS/c1-7-10(11)8(3-5-12-7)15-6-4-9(13)14-2;1-4-6(7)5(9)2-3-8-4/h3,5H,4,6H2,1-2H3;2-3H,1H3,(H,8,9). The van der Waals surface area contributed by atoms with Crippen molar-refractivity contribution < 1.29 is 9.53 Å². The zero-order chi connectivity index (χ0) is 18.1. The lowest BCUT2D eigenvalue weighted by Gasteiger charge is -2.04. The molecular formula is C16H18Cl2N2O2S2. The lowest BCUT2D eigenvalue weighted by atomic mass is 10.4. The van der Waals surface area contributed by atoms with Gasteiger partial charge in [-0.15, -0.1) is 11.8 Å². The Labute approximate surface area is 160 Å². The highest BCUT2D eigenvalue weighted by Crippen LogP contribution is 2.28. The van der Waals surface area contributed by atoms with Crippen LogP contribution in [0.25, 0.3) is 0 Å². The summed E-state index contributed by atoms with van der Waals surface area (Å²) in [5.41, 5.74) is 1.73. The maximum atomic E-state index is 10.9. The first-order chi connectivity index (χ1) is 11.4. The molecule has 2 rings (SSSR count). The predicted octanol–water partition coefficient (Wildman–Crippen LogP) is 5.40. The summed E-state index contributed by atoms with van der Waals surface area (Å²) in [6.07, 6.45) is 3.88. The molecule has 8 heteroatoms. The second-order valence-electron chi connectivity index (χ2n) is 4.66. The summed E-state index contributed by atoms with van der Waals surface area (Å²) in [7, 11) is 1.39. The summed E-state index contributed by atoms with van der Waals surface area (Å²) in [6.45, 7) is 3.74. The molecule has 2 heterocycles. The summed E-state index contributed by atoms with van der Waals surface area (Å²) < 4.78 is 5.25. The molecule has 2 aromatic rings. The smallest absolute Gasteiger partial charge is 0.306 e. The van der Waals surface area contributed by atoms with Crippen LogP contribution in [-0.4, -0.2) is 28.8 Å². The van der Waals surface area contributed by atoms with E-state index >= 15 is 0 Å². The fraction of sp³-hybridized carbons (Fsp3) is 0.312. The number of aromatic amines is 1. The van der Waals surface area contributed by atoms with Crippen molar-refractivity contribution in [1.29, 1.82) is 0 Å². The van der Waals surface area contributed by atoms with Crippen LogP contribution in [0.4, 0.5) is 0 Å². The molecule has 0 saturated carbocycles. The van der Waals surface area contributed by atoms with Crippen LogP contribution >= 0.6 is 47.2 Å². The predicted molar refractivity (Wildman–Crippen MR) is 103 cm³/mol. The summed E-state index contributed by atoms with van der Waals surface area (Å²) in [6, 6.07) is 3.61. The Kier molecular flexibility index (Phi) is 9.36. The number of H-pyrrole nitrogens is 1. The fourth-order valence-corrected chi connectivity index (χ4v) is 3.08. The van der Waals surface area contributed by atoms with Gasteiger partial charge in [0.05, 0.1) is 33.8 Å². The third kappa shape index (κ3) is 6.81. The van der Waals surface area contributed by atoms with Crippen LogP contribution in [-0.2, 0) is 9.53 Å². The molecule has 0 aliphatic carbocycles. The van der Waals surface area contributed by atoms with Gasteiger partial charge in [-0.3, -0.25) is 9.78 Å². The summed E-state index contributed by atoms with van der Waals surface area (Å²) in [5, 5.41) is 1.31. The average molecular weight is 405 g/mol. The van der Waals surface area contributed by atoms with E-state index in [9.17, 15) is 4.79 Å². The van der Waals surface area contributed by atoms with Crippen molar-refractivity contribution in [2.75, 3.05) is 12.9 Å². The van der Waals surface area contributed by atoms with E-state index in [-0.39, 0.29) is 5.97 Å². The van der Waals surface area contributed by atoms with E-state index in [1.807, 2.05) is 19.9 Å². The number of carbonyl (C=O) groups is 1. The van der Waals surface area contributed by atoms with Gasteiger partial charge < -0.3 is 9.72 Å². The minimum atomic E-state index is -0.204. The van der Waals surface area contributed by atoms with Gasteiger partial charge in [0.15, 0.2) is 0 Å². The van der Waals surface area contributed by atoms with Crippen LogP contribution in [0.2, 0.25) is 10.0 Å². The Morgan fingerprint density at radius 2 is 2.04 bits per heavy atom. The van der Waals surface area contributed by atoms with Gasteiger partial charge in [-0.2, -0.15) is 0 Å². The van der Waals surface area contributed by atoms with Gasteiger partial charge in [-0.1, -0.05) is 35.4 Å². The Morgan fingerprint density at radius 1 is 1.33 bits per heavy atom. The molecule has 0 aliphatic heterocycles. The molecule has 24 heavy (non-hydrogen) atoms. The van der Waals surface area contributed by atoms with Crippen molar-refractivity contribution in [3.8, 4) is 0 Å². The third-order valence-corrected chi connectivity index (χ3v) is 5.49. The highest BCUT2D eigenvalue weighted by molar-refractivity contribution is 7.99. The molecule has 130 valence electrons. The molecule has 0 amide bonds. The second-order valence-corrected chi connectivity index (χ2v) is 7.00. The molecule has 2 aromatic heterocycles. The van der Waals surface area contributed by atoms with E-state index in [4.69, 9.17) is 35.4 Å². The van der Waals surface area contributed by atoms with Gasteiger partial charge in [0.2, 0.25) is 0 Å². The minimum Gasteiger partial charge on any atom is -0.469 e. The number of rotatable bonds is 4. The van der Waals surface area contributed by atoms with E-state index in [1.165, 1.54) is 18.9 Å². The number of halogens is 2. The molecule has 1 N–H and O–H groups in total. The SMILES string of the molecule is COC(=O)CCSc1ccnc(C)c1Cl.Cc1[nH]ccc(=S)c1Cl. The molecule has 0 aromatic carbocycles. The lowest BCUT2D eigenvalue weighted by molar-refractivity contribution is -0.140. The monoisotopic (exact) mass is 404 g/mol. The van der Waals surface area contributed by atoms with E-state index in [0.717, 1.165) is 16.3 Å². The average Bonchev–Trinajstić information content (AvgIpc) is 2.57. The number of carbonyl (C=O) groups excluding carboxylic acids is 1.